The average molecular weight is 412 g/mol. The summed E-state index contributed by atoms with van der Waals surface area (Å²) in [6.07, 6.45) is -0.574. The van der Waals surface area contributed by atoms with Crippen molar-refractivity contribution in [3.63, 3.8) is 0 Å². The Hall–Kier alpha value is -4.11. The van der Waals surface area contributed by atoms with Crippen LogP contribution in [0.25, 0.3) is 11.1 Å². The number of alkyl carbamates (subject to hydrolysis) is 1. The van der Waals surface area contributed by atoms with Crippen LogP contribution in [0.2, 0.25) is 0 Å². The molecule has 3 aromatic carbocycles. The summed E-state index contributed by atoms with van der Waals surface area (Å²) in [5.41, 5.74) is 5.63. The van der Waals surface area contributed by atoms with Gasteiger partial charge in [0.05, 0.1) is 11.5 Å². The molecule has 1 aliphatic carbocycles. The Morgan fingerprint density at radius 2 is 1.68 bits per heavy atom. The summed E-state index contributed by atoms with van der Waals surface area (Å²) < 4.78 is 5.45. The molecule has 0 saturated heterocycles. The molecule has 0 spiro atoms. The predicted molar refractivity (Wildman–Crippen MR) is 118 cm³/mol. The molecule has 31 heavy (non-hydrogen) atoms. The molecular weight excluding hydrogens is 392 g/mol. The van der Waals surface area contributed by atoms with Gasteiger partial charge in [-0.05, 0) is 34.7 Å². The zero-order valence-electron chi connectivity index (χ0n) is 16.9. The SMILES string of the molecule is Cc1cccc([N+](=O)[O-])c1C#CCNC(=O)OCC1c2ccccc2-c2ccccc21. The van der Waals surface area contributed by atoms with E-state index in [2.05, 4.69) is 41.4 Å². The van der Waals surface area contributed by atoms with Gasteiger partial charge in [0.1, 0.15) is 12.2 Å². The second kappa shape index (κ2) is 8.72. The van der Waals surface area contributed by atoms with Crippen molar-refractivity contribution in [2.24, 2.45) is 0 Å². The lowest BCUT2D eigenvalue weighted by Gasteiger charge is -2.14. The van der Waals surface area contributed by atoms with E-state index in [1.807, 2.05) is 24.3 Å². The molecule has 0 aromatic heterocycles. The Bertz CT molecular complexity index is 1180. The largest absolute Gasteiger partial charge is 0.449 e. The molecule has 1 N–H and O–H groups in total. The summed E-state index contributed by atoms with van der Waals surface area (Å²) in [6.45, 7) is 2.01. The van der Waals surface area contributed by atoms with E-state index in [4.69, 9.17) is 4.74 Å². The van der Waals surface area contributed by atoms with Gasteiger partial charge in [0.2, 0.25) is 0 Å². The number of fused-ring (bicyclic) bond motifs is 3. The molecule has 0 bridgehead atoms. The molecule has 0 atom stereocenters. The van der Waals surface area contributed by atoms with Crippen LogP contribution < -0.4 is 5.32 Å². The van der Waals surface area contributed by atoms with Crippen LogP contribution >= 0.6 is 0 Å². The molecule has 0 aliphatic heterocycles. The minimum absolute atomic E-state index is 0.0150. The average Bonchev–Trinajstić information content (AvgIpc) is 3.09. The summed E-state index contributed by atoms with van der Waals surface area (Å²) in [4.78, 5) is 22.9. The van der Waals surface area contributed by atoms with Crippen molar-refractivity contribution in [3.05, 3.63) is 99.1 Å². The molecule has 1 aliphatic rings. The lowest BCUT2D eigenvalue weighted by molar-refractivity contribution is -0.385. The number of nitrogens with zero attached hydrogens (tertiary/aromatic N) is 1. The summed E-state index contributed by atoms with van der Waals surface area (Å²) in [5, 5.41) is 13.7. The Kier molecular flexibility index (Phi) is 5.67. The quantitative estimate of drug-likeness (QED) is 0.379. The standard InChI is InChI=1S/C25H20N2O4/c1-17-8-6-14-24(27(29)30)18(17)13-7-15-26-25(28)31-16-23-21-11-4-2-9-19(21)20-10-3-5-12-22(20)23/h2-6,8-12,14,23H,15-16H2,1H3,(H,26,28). The van der Waals surface area contributed by atoms with Crippen molar-refractivity contribution in [1.29, 1.82) is 0 Å². The first kappa shape index (κ1) is 20.2. The van der Waals surface area contributed by atoms with Crippen LogP contribution in [0.1, 0.15) is 28.2 Å². The maximum atomic E-state index is 12.2. The number of aryl methyl sites for hydroxylation is 1. The highest BCUT2D eigenvalue weighted by atomic mass is 16.6. The van der Waals surface area contributed by atoms with Crippen molar-refractivity contribution in [3.8, 4) is 23.0 Å². The third kappa shape index (κ3) is 4.12. The Balaban J connectivity index is 1.38. The number of ether oxygens (including phenoxy) is 1. The maximum Gasteiger partial charge on any atom is 0.407 e. The van der Waals surface area contributed by atoms with Gasteiger partial charge in [-0.15, -0.1) is 0 Å². The smallest absolute Gasteiger partial charge is 0.407 e. The number of hydrogen-bond donors (Lipinski definition) is 1. The van der Waals surface area contributed by atoms with Crippen LogP contribution in [0, 0.1) is 28.9 Å². The van der Waals surface area contributed by atoms with Crippen LogP contribution in [0.15, 0.2) is 66.7 Å². The highest BCUT2D eigenvalue weighted by Gasteiger charge is 2.28. The molecular formula is C25H20N2O4. The number of nitro benzene ring substituents is 1. The topological polar surface area (TPSA) is 81.5 Å². The van der Waals surface area contributed by atoms with E-state index in [0.717, 1.165) is 22.3 Å². The Morgan fingerprint density at radius 3 is 2.32 bits per heavy atom. The van der Waals surface area contributed by atoms with Crippen LogP contribution in [-0.4, -0.2) is 24.2 Å². The lowest BCUT2D eigenvalue weighted by Crippen LogP contribution is -2.26. The third-order valence-corrected chi connectivity index (χ3v) is 5.33. The van der Waals surface area contributed by atoms with Crippen LogP contribution in [0.5, 0.6) is 0 Å². The van der Waals surface area contributed by atoms with E-state index in [-0.39, 0.29) is 24.8 Å². The molecule has 0 saturated carbocycles. The molecule has 4 rings (SSSR count). The highest BCUT2D eigenvalue weighted by molar-refractivity contribution is 5.79. The number of carbonyl (C=O) groups excluding carboxylic acids is 1. The fourth-order valence-corrected chi connectivity index (χ4v) is 3.87. The van der Waals surface area contributed by atoms with E-state index in [0.29, 0.717) is 11.1 Å². The number of benzene rings is 3. The van der Waals surface area contributed by atoms with E-state index in [9.17, 15) is 14.9 Å². The number of nitrogens with one attached hydrogen (secondary N) is 1. The van der Waals surface area contributed by atoms with Gasteiger partial charge in [-0.3, -0.25) is 10.1 Å². The number of carbonyl (C=O) groups is 1. The van der Waals surface area contributed by atoms with Gasteiger partial charge >= 0.3 is 6.09 Å². The molecule has 154 valence electrons. The van der Waals surface area contributed by atoms with Crippen molar-refractivity contribution in [2.75, 3.05) is 13.2 Å². The van der Waals surface area contributed by atoms with Crippen molar-refractivity contribution in [1.82, 2.24) is 5.32 Å². The summed E-state index contributed by atoms with van der Waals surface area (Å²) in [7, 11) is 0. The minimum Gasteiger partial charge on any atom is -0.449 e. The van der Waals surface area contributed by atoms with Gasteiger partial charge in [0.15, 0.2) is 0 Å². The molecule has 6 nitrogen and oxygen atoms in total. The fraction of sp³-hybridized carbons (Fsp3) is 0.160. The van der Waals surface area contributed by atoms with Crippen LogP contribution in [0.3, 0.4) is 0 Å². The van der Waals surface area contributed by atoms with Gasteiger partial charge in [-0.2, -0.15) is 0 Å². The minimum atomic E-state index is -0.574. The molecule has 1 amide bonds. The fourth-order valence-electron chi connectivity index (χ4n) is 3.87. The predicted octanol–water partition coefficient (Wildman–Crippen LogP) is 4.79. The molecule has 0 radical (unpaired) electrons. The summed E-state index contributed by atoms with van der Waals surface area (Å²) in [6, 6.07) is 21.0. The highest BCUT2D eigenvalue weighted by Crippen LogP contribution is 2.44. The van der Waals surface area contributed by atoms with Crippen molar-refractivity contribution in [2.45, 2.75) is 12.8 Å². The maximum absolute atomic E-state index is 12.2. The number of hydrogen-bond acceptors (Lipinski definition) is 4. The number of rotatable bonds is 4. The first-order valence-corrected chi connectivity index (χ1v) is 9.88. The number of nitro groups is 1. The van der Waals surface area contributed by atoms with Gasteiger partial charge in [0.25, 0.3) is 5.69 Å². The van der Waals surface area contributed by atoms with Gasteiger partial charge in [-0.1, -0.05) is 72.5 Å². The van der Waals surface area contributed by atoms with Crippen LogP contribution in [-0.2, 0) is 4.74 Å². The second-order valence-corrected chi connectivity index (χ2v) is 7.21. The zero-order chi connectivity index (χ0) is 21.8. The summed E-state index contributed by atoms with van der Waals surface area (Å²) >= 11 is 0. The van der Waals surface area contributed by atoms with Crippen molar-refractivity contribution >= 4 is 11.8 Å². The summed E-state index contributed by atoms with van der Waals surface area (Å²) in [5.74, 6) is 5.53. The first-order valence-electron chi connectivity index (χ1n) is 9.88. The monoisotopic (exact) mass is 412 g/mol. The second-order valence-electron chi connectivity index (χ2n) is 7.21. The molecule has 3 aromatic rings. The van der Waals surface area contributed by atoms with Gasteiger partial charge in [-0.25, -0.2) is 4.79 Å². The van der Waals surface area contributed by atoms with E-state index in [1.165, 1.54) is 6.07 Å². The van der Waals surface area contributed by atoms with E-state index >= 15 is 0 Å². The van der Waals surface area contributed by atoms with E-state index < -0.39 is 11.0 Å². The molecule has 0 unspecified atom stereocenters. The third-order valence-electron chi connectivity index (χ3n) is 5.33. The molecule has 0 heterocycles. The Labute approximate surface area is 180 Å². The van der Waals surface area contributed by atoms with Crippen LogP contribution in [0.4, 0.5) is 10.5 Å². The normalized spacial score (nSPS) is 11.6. The zero-order valence-corrected chi connectivity index (χ0v) is 16.9. The van der Waals surface area contributed by atoms with Crippen molar-refractivity contribution < 1.29 is 14.5 Å². The molecule has 0 fully saturated rings. The lowest BCUT2D eigenvalue weighted by atomic mass is 9.98. The number of amides is 1. The van der Waals surface area contributed by atoms with E-state index in [1.54, 1.807) is 19.1 Å². The first-order chi connectivity index (χ1) is 15.1. The molecule has 6 heteroatoms. The van der Waals surface area contributed by atoms with Gasteiger partial charge < -0.3 is 10.1 Å². The van der Waals surface area contributed by atoms with Gasteiger partial charge in [0, 0.05) is 12.0 Å². The Morgan fingerprint density at radius 1 is 1.03 bits per heavy atom.